The number of hydrogen-bond acceptors (Lipinski definition) is 4. The molecule has 192 valence electrons. The number of amides is 2. The van der Waals surface area contributed by atoms with Crippen molar-refractivity contribution in [3.8, 4) is 5.75 Å². The minimum atomic E-state index is -0.578. The van der Waals surface area contributed by atoms with E-state index < -0.39 is 12.0 Å². The smallest absolute Gasteiger partial charge is 0.254 e. The first-order valence-corrected chi connectivity index (χ1v) is 13.4. The van der Waals surface area contributed by atoms with Crippen LogP contribution in [0.15, 0.2) is 85.1 Å². The third kappa shape index (κ3) is 4.40. The summed E-state index contributed by atoms with van der Waals surface area (Å²) in [5.41, 5.74) is 3.81. The average Bonchev–Trinajstić information content (AvgIpc) is 2.97. The first-order valence-electron chi connectivity index (χ1n) is 13.4. The van der Waals surface area contributed by atoms with E-state index in [0.29, 0.717) is 11.3 Å². The van der Waals surface area contributed by atoms with E-state index in [2.05, 4.69) is 10.3 Å². The molecule has 6 rings (SSSR count). The number of fused-ring (bicyclic) bond motifs is 2. The van der Waals surface area contributed by atoms with Crippen molar-refractivity contribution in [2.75, 3.05) is 12.4 Å². The minimum absolute atomic E-state index is 0.00439. The molecule has 6 heteroatoms. The lowest BCUT2D eigenvalue weighted by atomic mass is 9.77. The normalized spacial score (nSPS) is 19.7. The van der Waals surface area contributed by atoms with E-state index in [0.717, 1.165) is 53.5 Å². The molecule has 0 saturated heterocycles. The molecule has 0 radical (unpaired) electrons. The second-order valence-corrected chi connectivity index (χ2v) is 10.2. The number of nitrogens with one attached hydrogen (secondary N) is 1. The fourth-order valence-electron chi connectivity index (χ4n) is 6.11. The number of ether oxygens (including phenoxy) is 1. The van der Waals surface area contributed by atoms with Gasteiger partial charge in [0.2, 0.25) is 5.91 Å². The zero-order chi connectivity index (χ0) is 26.1. The Morgan fingerprint density at radius 3 is 2.47 bits per heavy atom. The SMILES string of the molecule is COc1ccc(C2C(C(=O)Nc3cnc4ccccc4c3)c3ccccc3C(=O)N2C2CCCCC2)cc1. The summed E-state index contributed by atoms with van der Waals surface area (Å²) in [5, 5.41) is 4.10. The third-order valence-corrected chi connectivity index (χ3v) is 7.94. The van der Waals surface area contributed by atoms with Crippen LogP contribution in [0.1, 0.15) is 65.5 Å². The summed E-state index contributed by atoms with van der Waals surface area (Å²) >= 11 is 0. The number of nitrogens with zero attached hydrogens (tertiary/aromatic N) is 2. The standard InChI is InChI=1S/C32H31N3O3/c1-38-25-17-15-21(16-18-25)30-29(31(36)34-23-19-22-9-5-8-14-28(22)33-20-23)26-12-6-7-13-27(26)32(37)35(30)24-10-3-2-4-11-24/h5-9,12-20,24,29-30H,2-4,10-11H2,1H3,(H,34,36). The van der Waals surface area contributed by atoms with Crippen LogP contribution in [0.4, 0.5) is 5.69 Å². The predicted octanol–water partition coefficient (Wildman–Crippen LogP) is 6.50. The quantitative estimate of drug-likeness (QED) is 0.336. The maximum absolute atomic E-state index is 14.2. The Morgan fingerprint density at radius 2 is 1.68 bits per heavy atom. The fourth-order valence-corrected chi connectivity index (χ4v) is 6.11. The molecule has 1 aromatic heterocycles. The molecule has 1 aliphatic carbocycles. The summed E-state index contributed by atoms with van der Waals surface area (Å²) in [4.78, 5) is 34.8. The molecule has 1 saturated carbocycles. The number of pyridine rings is 1. The van der Waals surface area contributed by atoms with E-state index in [-0.39, 0.29) is 17.9 Å². The number of hydrogen-bond donors (Lipinski definition) is 1. The largest absolute Gasteiger partial charge is 0.497 e. The molecule has 6 nitrogen and oxygen atoms in total. The zero-order valence-corrected chi connectivity index (χ0v) is 21.5. The van der Waals surface area contributed by atoms with Crippen LogP contribution < -0.4 is 10.1 Å². The van der Waals surface area contributed by atoms with Gasteiger partial charge in [0.05, 0.1) is 36.5 Å². The summed E-state index contributed by atoms with van der Waals surface area (Å²) in [6.45, 7) is 0. The molecule has 0 spiro atoms. The second kappa shape index (κ2) is 10.3. The van der Waals surface area contributed by atoms with Gasteiger partial charge in [-0.3, -0.25) is 14.6 Å². The molecule has 2 amide bonds. The first kappa shape index (κ1) is 24.2. The molecule has 0 bridgehead atoms. The number of aromatic nitrogens is 1. The Morgan fingerprint density at radius 1 is 0.947 bits per heavy atom. The van der Waals surface area contributed by atoms with Gasteiger partial charge in [0.25, 0.3) is 5.91 Å². The predicted molar refractivity (Wildman–Crippen MR) is 148 cm³/mol. The topological polar surface area (TPSA) is 71.5 Å². The number of para-hydroxylation sites is 1. The van der Waals surface area contributed by atoms with Crippen LogP contribution in [-0.4, -0.2) is 34.8 Å². The van der Waals surface area contributed by atoms with Crippen molar-refractivity contribution in [3.63, 3.8) is 0 Å². The number of rotatable bonds is 5. The zero-order valence-electron chi connectivity index (χ0n) is 21.5. The third-order valence-electron chi connectivity index (χ3n) is 7.94. The monoisotopic (exact) mass is 505 g/mol. The Labute approximate surface area is 222 Å². The van der Waals surface area contributed by atoms with Crippen LogP contribution in [0.3, 0.4) is 0 Å². The molecular weight excluding hydrogens is 474 g/mol. The van der Waals surface area contributed by atoms with Crippen LogP contribution in [0.2, 0.25) is 0 Å². The molecule has 2 heterocycles. The van der Waals surface area contributed by atoms with Gasteiger partial charge in [0, 0.05) is 17.0 Å². The lowest BCUT2D eigenvalue weighted by Gasteiger charge is -2.46. The Bertz CT molecular complexity index is 1480. The van der Waals surface area contributed by atoms with Crippen molar-refractivity contribution in [3.05, 3.63) is 102 Å². The molecule has 3 aromatic carbocycles. The summed E-state index contributed by atoms with van der Waals surface area (Å²) < 4.78 is 5.40. The molecule has 38 heavy (non-hydrogen) atoms. The summed E-state index contributed by atoms with van der Waals surface area (Å²) in [6.07, 6.45) is 6.95. The number of methoxy groups -OCH3 is 1. The van der Waals surface area contributed by atoms with Gasteiger partial charge in [0.15, 0.2) is 0 Å². The molecule has 2 atom stereocenters. The van der Waals surface area contributed by atoms with Gasteiger partial charge in [-0.2, -0.15) is 0 Å². The summed E-state index contributed by atoms with van der Waals surface area (Å²) in [6, 6.07) is 24.8. The van der Waals surface area contributed by atoms with E-state index in [1.165, 1.54) is 6.42 Å². The summed E-state index contributed by atoms with van der Waals surface area (Å²) in [7, 11) is 1.64. The minimum Gasteiger partial charge on any atom is -0.497 e. The number of anilines is 1. The van der Waals surface area contributed by atoms with Crippen LogP contribution in [-0.2, 0) is 4.79 Å². The van der Waals surface area contributed by atoms with Gasteiger partial charge in [-0.25, -0.2) is 0 Å². The number of benzene rings is 3. The molecular formula is C32H31N3O3. The van der Waals surface area contributed by atoms with E-state index in [1.807, 2.05) is 83.8 Å². The average molecular weight is 506 g/mol. The molecule has 1 aliphatic heterocycles. The Kier molecular flexibility index (Phi) is 6.54. The molecule has 1 fully saturated rings. The second-order valence-electron chi connectivity index (χ2n) is 10.2. The van der Waals surface area contributed by atoms with E-state index in [4.69, 9.17) is 4.74 Å². The highest BCUT2D eigenvalue weighted by molar-refractivity contribution is 6.05. The van der Waals surface area contributed by atoms with Crippen molar-refractivity contribution in [1.82, 2.24) is 9.88 Å². The van der Waals surface area contributed by atoms with Crippen LogP contribution >= 0.6 is 0 Å². The fraction of sp³-hybridized carbons (Fsp3) is 0.281. The maximum atomic E-state index is 14.2. The van der Waals surface area contributed by atoms with Gasteiger partial charge in [-0.1, -0.05) is 67.8 Å². The molecule has 2 aliphatic rings. The van der Waals surface area contributed by atoms with Crippen molar-refractivity contribution in [1.29, 1.82) is 0 Å². The lowest BCUT2D eigenvalue weighted by Crippen LogP contribution is -2.51. The van der Waals surface area contributed by atoms with Crippen molar-refractivity contribution in [2.45, 2.75) is 50.1 Å². The van der Waals surface area contributed by atoms with Crippen molar-refractivity contribution < 1.29 is 14.3 Å². The van der Waals surface area contributed by atoms with Gasteiger partial charge in [-0.15, -0.1) is 0 Å². The van der Waals surface area contributed by atoms with Crippen LogP contribution in [0.5, 0.6) is 5.75 Å². The molecule has 2 unspecified atom stereocenters. The Hall–Kier alpha value is -4.19. The molecule has 4 aromatic rings. The van der Waals surface area contributed by atoms with Gasteiger partial charge < -0.3 is 15.0 Å². The first-order chi connectivity index (χ1) is 18.6. The van der Waals surface area contributed by atoms with E-state index in [1.54, 1.807) is 13.3 Å². The van der Waals surface area contributed by atoms with Crippen molar-refractivity contribution >= 4 is 28.4 Å². The maximum Gasteiger partial charge on any atom is 0.254 e. The van der Waals surface area contributed by atoms with Crippen LogP contribution in [0, 0.1) is 0 Å². The summed E-state index contributed by atoms with van der Waals surface area (Å²) in [5.74, 6) is 0.0165. The lowest BCUT2D eigenvalue weighted by molar-refractivity contribution is -0.119. The van der Waals surface area contributed by atoms with Crippen LogP contribution in [0.25, 0.3) is 10.9 Å². The highest BCUT2D eigenvalue weighted by Crippen LogP contribution is 2.46. The van der Waals surface area contributed by atoms with E-state index >= 15 is 0 Å². The highest BCUT2D eigenvalue weighted by atomic mass is 16.5. The van der Waals surface area contributed by atoms with Crippen molar-refractivity contribution in [2.24, 2.45) is 0 Å². The van der Waals surface area contributed by atoms with Gasteiger partial charge in [-0.05, 0) is 54.3 Å². The van der Waals surface area contributed by atoms with E-state index in [9.17, 15) is 9.59 Å². The van der Waals surface area contributed by atoms with Gasteiger partial charge in [0.1, 0.15) is 5.75 Å². The number of carbonyl (C=O) groups excluding carboxylic acids is 2. The number of carbonyl (C=O) groups is 2. The Balaban J connectivity index is 1.46. The molecule has 1 N–H and O–H groups in total. The van der Waals surface area contributed by atoms with Gasteiger partial charge >= 0.3 is 0 Å². The highest BCUT2D eigenvalue weighted by Gasteiger charge is 2.46.